The average Bonchev–Trinajstić information content (AvgIpc) is 3.07. The number of benzene rings is 1. The number of aryl methyl sites for hydroxylation is 1. The Labute approximate surface area is 141 Å². The molecule has 4 rings (SSSR count). The van der Waals surface area contributed by atoms with Crippen molar-refractivity contribution in [2.45, 2.75) is 18.8 Å². The molecule has 5 heteroatoms. The summed E-state index contributed by atoms with van der Waals surface area (Å²) < 4.78 is 7.47. The van der Waals surface area contributed by atoms with Gasteiger partial charge in [-0.05, 0) is 31.0 Å². The lowest BCUT2D eigenvalue weighted by atomic mass is 9.93. The van der Waals surface area contributed by atoms with Crippen molar-refractivity contribution in [1.82, 2.24) is 14.8 Å². The van der Waals surface area contributed by atoms with E-state index in [2.05, 4.69) is 33.2 Å². The van der Waals surface area contributed by atoms with Crippen LogP contribution in [0.3, 0.4) is 0 Å². The molecule has 0 N–H and O–H groups in total. The number of anilines is 1. The van der Waals surface area contributed by atoms with Crippen molar-refractivity contribution < 1.29 is 4.74 Å². The van der Waals surface area contributed by atoms with E-state index < -0.39 is 0 Å². The van der Waals surface area contributed by atoms with Crippen LogP contribution in [0, 0.1) is 0 Å². The zero-order valence-electron chi connectivity index (χ0n) is 14.1. The number of aromatic nitrogens is 3. The fourth-order valence-electron chi connectivity index (χ4n) is 3.78. The fraction of sp³-hybridized carbons (Fsp3) is 0.368. The monoisotopic (exact) mass is 322 g/mol. The predicted octanol–water partition coefficient (Wildman–Crippen LogP) is 3.36. The summed E-state index contributed by atoms with van der Waals surface area (Å²) in [4.78, 5) is 6.98. The van der Waals surface area contributed by atoms with Gasteiger partial charge in [0.25, 0.3) is 0 Å². The summed E-state index contributed by atoms with van der Waals surface area (Å²) in [6.45, 7) is 2.10. The smallest absolute Gasteiger partial charge is 0.145 e. The molecule has 124 valence electrons. The van der Waals surface area contributed by atoms with E-state index in [0.29, 0.717) is 5.92 Å². The molecule has 0 saturated carbocycles. The molecule has 0 amide bonds. The Morgan fingerprint density at radius 3 is 2.62 bits per heavy atom. The van der Waals surface area contributed by atoms with Gasteiger partial charge in [-0.1, -0.05) is 12.1 Å². The molecule has 0 radical (unpaired) electrons. The molecule has 3 aromatic rings. The normalized spacial score (nSPS) is 15.8. The molecule has 2 aromatic heterocycles. The van der Waals surface area contributed by atoms with Gasteiger partial charge < -0.3 is 9.64 Å². The fourth-order valence-corrected chi connectivity index (χ4v) is 3.78. The number of nitrogens with zero attached hydrogens (tertiary/aromatic N) is 4. The average molecular weight is 322 g/mol. The number of fused-ring (bicyclic) bond motifs is 1. The Morgan fingerprint density at radius 2 is 1.92 bits per heavy atom. The molecule has 0 unspecified atom stereocenters. The van der Waals surface area contributed by atoms with Crippen LogP contribution in [0.5, 0.6) is 5.75 Å². The quantitative estimate of drug-likeness (QED) is 0.741. The van der Waals surface area contributed by atoms with Crippen molar-refractivity contribution in [1.29, 1.82) is 0 Å². The highest BCUT2D eigenvalue weighted by Crippen LogP contribution is 2.35. The highest BCUT2D eigenvalue weighted by molar-refractivity contribution is 5.95. The summed E-state index contributed by atoms with van der Waals surface area (Å²) in [5, 5.41) is 5.47. The maximum atomic E-state index is 5.46. The SMILES string of the molecule is COc1cccc2c(N3CCC(c4ccnn4C)CC3)ccnc12. The number of para-hydroxylation sites is 1. The van der Waals surface area contributed by atoms with Gasteiger partial charge in [0.05, 0.1) is 7.11 Å². The lowest BCUT2D eigenvalue weighted by Crippen LogP contribution is -2.33. The number of pyridine rings is 1. The van der Waals surface area contributed by atoms with Gasteiger partial charge in [-0.3, -0.25) is 9.67 Å². The van der Waals surface area contributed by atoms with E-state index in [-0.39, 0.29) is 0 Å². The lowest BCUT2D eigenvalue weighted by Gasteiger charge is -2.34. The van der Waals surface area contributed by atoms with Gasteiger partial charge >= 0.3 is 0 Å². The number of ether oxygens (including phenoxy) is 1. The Morgan fingerprint density at radius 1 is 1.08 bits per heavy atom. The van der Waals surface area contributed by atoms with Crippen molar-refractivity contribution in [3.8, 4) is 5.75 Å². The van der Waals surface area contributed by atoms with Crippen molar-refractivity contribution >= 4 is 16.6 Å². The molecule has 24 heavy (non-hydrogen) atoms. The molecule has 0 spiro atoms. The standard InChI is InChI=1S/C19H22N4O/c1-22-16(7-11-21-22)14-8-12-23(13-9-14)17-6-10-20-19-15(17)4-3-5-18(19)24-2/h3-7,10-11,14H,8-9,12-13H2,1-2H3. The molecular formula is C19H22N4O. The summed E-state index contributed by atoms with van der Waals surface area (Å²) in [5.74, 6) is 1.43. The van der Waals surface area contributed by atoms with Crippen LogP contribution in [-0.2, 0) is 7.05 Å². The van der Waals surface area contributed by atoms with Gasteiger partial charge in [0.1, 0.15) is 11.3 Å². The van der Waals surface area contributed by atoms with Crippen LogP contribution in [-0.4, -0.2) is 35.0 Å². The largest absolute Gasteiger partial charge is 0.494 e. The van der Waals surface area contributed by atoms with Gasteiger partial charge in [0, 0.05) is 55.2 Å². The van der Waals surface area contributed by atoms with Crippen molar-refractivity contribution in [3.05, 3.63) is 48.4 Å². The number of rotatable bonds is 3. The predicted molar refractivity (Wildman–Crippen MR) is 95.7 cm³/mol. The van der Waals surface area contributed by atoms with Crippen molar-refractivity contribution in [2.75, 3.05) is 25.1 Å². The second-order valence-electron chi connectivity index (χ2n) is 6.33. The molecule has 0 bridgehead atoms. The second kappa shape index (κ2) is 6.15. The van der Waals surface area contributed by atoms with Crippen LogP contribution in [0.4, 0.5) is 5.69 Å². The summed E-state index contributed by atoms with van der Waals surface area (Å²) in [5.41, 5.74) is 3.53. The van der Waals surface area contributed by atoms with Crippen LogP contribution in [0.15, 0.2) is 42.7 Å². The summed E-state index contributed by atoms with van der Waals surface area (Å²) >= 11 is 0. The first-order chi connectivity index (χ1) is 11.8. The molecule has 0 atom stereocenters. The molecular weight excluding hydrogens is 300 g/mol. The Kier molecular flexibility index (Phi) is 3.84. The van der Waals surface area contributed by atoms with Gasteiger partial charge in [0.15, 0.2) is 0 Å². The molecule has 1 fully saturated rings. The van der Waals surface area contributed by atoms with E-state index in [9.17, 15) is 0 Å². The third-order valence-corrected chi connectivity index (χ3v) is 5.04. The van der Waals surface area contributed by atoms with Crippen LogP contribution in [0.2, 0.25) is 0 Å². The molecule has 1 saturated heterocycles. The van der Waals surface area contributed by atoms with Gasteiger partial charge in [-0.2, -0.15) is 5.10 Å². The Hall–Kier alpha value is -2.56. The number of piperidine rings is 1. The third kappa shape index (κ3) is 2.50. The van der Waals surface area contributed by atoms with Crippen LogP contribution in [0.25, 0.3) is 10.9 Å². The number of hydrogen-bond acceptors (Lipinski definition) is 4. The Balaban J connectivity index is 1.60. The van der Waals surface area contributed by atoms with Gasteiger partial charge in [-0.15, -0.1) is 0 Å². The van der Waals surface area contributed by atoms with Gasteiger partial charge in [0.2, 0.25) is 0 Å². The topological polar surface area (TPSA) is 43.2 Å². The first-order valence-electron chi connectivity index (χ1n) is 8.42. The summed E-state index contributed by atoms with van der Waals surface area (Å²) in [7, 11) is 3.73. The molecule has 1 aliphatic rings. The first-order valence-corrected chi connectivity index (χ1v) is 8.42. The molecule has 5 nitrogen and oxygen atoms in total. The minimum atomic E-state index is 0.594. The highest BCUT2D eigenvalue weighted by atomic mass is 16.5. The maximum Gasteiger partial charge on any atom is 0.145 e. The van der Waals surface area contributed by atoms with Crippen LogP contribution in [0.1, 0.15) is 24.5 Å². The number of methoxy groups -OCH3 is 1. The summed E-state index contributed by atoms with van der Waals surface area (Å²) in [6, 6.07) is 10.4. The minimum absolute atomic E-state index is 0.594. The zero-order valence-corrected chi connectivity index (χ0v) is 14.1. The van der Waals surface area contributed by atoms with E-state index in [4.69, 9.17) is 4.74 Å². The third-order valence-electron chi connectivity index (χ3n) is 5.04. The van der Waals surface area contributed by atoms with Crippen LogP contribution < -0.4 is 9.64 Å². The lowest BCUT2D eigenvalue weighted by molar-refractivity contribution is 0.419. The van der Waals surface area contributed by atoms with E-state index in [1.807, 2.05) is 36.3 Å². The molecule has 1 aromatic carbocycles. The minimum Gasteiger partial charge on any atom is -0.494 e. The highest BCUT2D eigenvalue weighted by Gasteiger charge is 2.24. The molecule has 1 aliphatic heterocycles. The first kappa shape index (κ1) is 15.0. The van der Waals surface area contributed by atoms with Crippen LogP contribution >= 0.6 is 0 Å². The Bertz CT molecular complexity index is 849. The van der Waals surface area contributed by atoms with E-state index in [0.717, 1.165) is 42.6 Å². The second-order valence-corrected chi connectivity index (χ2v) is 6.33. The molecule has 3 heterocycles. The maximum absolute atomic E-state index is 5.46. The summed E-state index contributed by atoms with van der Waals surface area (Å²) in [6.07, 6.45) is 6.07. The van der Waals surface area contributed by atoms with Crippen molar-refractivity contribution in [2.24, 2.45) is 7.05 Å². The van der Waals surface area contributed by atoms with Crippen molar-refractivity contribution in [3.63, 3.8) is 0 Å². The van der Waals surface area contributed by atoms with E-state index in [1.165, 1.54) is 11.4 Å². The number of hydrogen-bond donors (Lipinski definition) is 0. The van der Waals surface area contributed by atoms with Gasteiger partial charge in [-0.25, -0.2) is 0 Å². The molecule has 0 aliphatic carbocycles. The zero-order chi connectivity index (χ0) is 16.5. The van der Waals surface area contributed by atoms with E-state index >= 15 is 0 Å². The van der Waals surface area contributed by atoms with E-state index in [1.54, 1.807) is 7.11 Å².